The normalized spacial score (nSPS) is 14.3. The Balaban J connectivity index is 2.59. The number of aromatic nitrogens is 1. The van der Waals surface area contributed by atoms with Crippen LogP contribution in [0.15, 0.2) is 61.7 Å². The van der Waals surface area contributed by atoms with Gasteiger partial charge in [0.2, 0.25) is 11.5 Å². The molecule has 0 fully saturated rings. The molecule has 0 aliphatic rings. The zero-order valence-corrected chi connectivity index (χ0v) is 29.5. The monoisotopic (exact) mass is 746 g/mol. The molecule has 1 aromatic carbocycles. The van der Waals surface area contributed by atoms with Crippen LogP contribution in [0.25, 0.3) is 0 Å². The number of pyridine rings is 1. The first-order chi connectivity index (χ1) is 24.2. The van der Waals surface area contributed by atoms with Crippen LogP contribution in [0, 0.1) is 0 Å². The van der Waals surface area contributed by atoms with Gasteiger partial charge in [-0.1, -0.05) is 55.8 Å². The van der Waals surface area contributed by atoms with Gasteiger partial charge >= 0.3 is 18.4 Å². The molecule has 52 heavy (non-hydrogen) atoms. The minimum absolute atomic E-state index is 0.169. The number of carbonyl (C=O) groups excluding carboxylic acids is 3. The van der Waals surface area contributed by atoms with Crippen molar-refractivity contribution in [2.45, 2.75) is 103 Å². The summed E-state index contributed by atoms with van der Waals surface area (Å²) >= 11 is 0. The number of nitrogens with one attached hydrogen (secondary N) is 3. The number of carbonyl (C=O) groups is 3. The average Bonchev–Trinajstić information content (AvgIpc) is 3.04. The second-order valence-corrected chi connectivity index (χ2v) is 12.5. The van der Waals surface area contributed by atoms with E-state index in [1.54, 1.807) is 29.1 Å². The van der Waals surface area contributed by atoms with E-state index >= 15 is 0 Å². The fourth-order valence-corrected chi connectivity index (χ4v) is 4.46. The Kier molecular flexibility index (Phi) is 15.7. The number of benzene rings is 1. The van der Waals surface area contributed by atoms with Crippen molar-refractivity contribution in [3.05, 3.63) is 78.5 Å². The molecule has 0 spiro atoms. The number of hydrogen-bond acceptors (Lipinski definition) is 8. The predicted octanol–water partition coefficient (Wildman–Crippen LogP) is 7.83. The lowest BCUT2D eigenvalue weighted by Crippen LogP contribution is -2.61. The summed E-state index contributed by atoms with van der Waals surface area (Å²) in [5.41, 5.74) is -4.43. The third-order valence-corrected chi connectivity index (χ3v) is 7.07. The summed E-state index contributed by atoms with van der Waals surface area (Å²) in [6.07, 6.45) is -10.9. The third kappa shape index (κ3) is 12.5. The van der Waals surface area contributed by atoms with Crippen LogP contribution in [0.4, 0.5) is 36.8 Å². The van der Waals surface area contributed by atoms with Gasteiger partial charge in [0.25, 0.3) is 11.8 Å². The van der Waals surface area contributed by atoms with Gasteiger partial charge in [-0.15, -0.1) is 13.2 Å². The number of amides is 3. The molecule has 3 atom stereocenters. The van der Waals surface area contributed by atoms with Crippen molar-refractivity contribution in [3.8, 4) is 5.88 Å². The second kappa shape index (κ2) is 18.7. The smallest absolute Gasteiger partial charge is 0.427 e. The Morgan fingerprint density at radius 3 is 2.17 bits per heavy atom. The molecule has 0 saturated heterocycles. The van der Waals surface area contributed by atoms with Gasteiger partial charge < -0.3 is 18.9 Å². The standard InChI is InChI=1S/C35H44F6N4O7/c1-8-11-19-49-26(15-9-2)22(4)51-29-24(34(36,37)38)20-25(42-31(48)52-32(5,6)7)27(43-29)28(46)44-45-30(47)33(18-10-3,35(39,40)41)50-21-23-16-13-12-14-17-23/h9-10,12-14,16-17,20,22,26H,2-3,8,11,15,18-19,21H2,1,4-7H3,(H,42,48)(H,44,46)(H,45,47)/t22-,26?,33-/m1/s1. The van der Waals surface area contributed by atoms with Gasteiger partial charge in [-0.3, -0.25) is 25.8 Å². The van der Waals surface area contributed by atoms with Crippen LogP contribution in [0.5, 0.6) is 5.88 Å². The van der Waals surface area contributed by atoms with Gasteiger partial charge in [0.15, 0.2) is 5.69 Å². The minimum Gasteiger partial charge on any atom is -0.471 e. The first kappa shape index (κ1) is 43.5. The molecule has 3 amide bonds. The van der Waals surface area contributed by atoms with Crippen molar-refractivity contribution in [1.29, 1.82) is 0 Å². The van der Waals surface area contributed by atoms with E-state index in [1.165, 1.54) is 45.9 Å². The first-order valence-corrected chi connectivity index (χ1v) is 16.2. The summed E-state index contributed by atoms with van der Waals surface area (Å²) in [5, 5.41) is 2.01. The summed E-state index contributed by atoms with van der Waals surface area (Å²) in [4.78, 5) is 43.0. The highest BCUT2D eigenvalue weighted by Crippen LogP contribution is 2.40. The highest BCUT2D eigenvalue weighted by atomic mass is 19.4. The number of hydrazine groups is 1. The summed E-state index contributed by atoms with van der Waals surface area (Å²) < 4.78 is 108. The molecule has 1 aromatic heterocycles. The Morgan fingerprint density at radius 1 is 0.981 bits per heavy atom. The Labute approximate surface area is 298 Å². The molecule has 11 nitrogen and oxygen atoms in total. The molecule has 1 unspecified atom stereocenters. The Bertz CT molecular complexity index is 1530. The predicted molar refractivity (Wildman–Crippen MR) is 179 cm³/mol. The van der Waals surface area contributed by atoms with Gasteiger partial charge in [-0.25, -0.2) is 9.78 Å². The van der Waals surface area contributed by atoms with E-state index in [0.717, 1.165) is 12.5 Å². The van der Waals surface area contributed by atoms with Crippen molar-refractivity contribution in [2.75, 3.05) is 11.9 Å². The molecular formula is C35H44F6N4O7. The quantitative estimate of drug-likeness (QED) is 0.0645. The lowest BCUT2D eigenvalue weighted by molar-refractivity contribution is -0.270. The molecule has 0 saturated carbocycles. The van der Waals surface area contributed by atoms with Gasteiger partial charge in [-0.05, 0) is 52.2 Å². The van der Waals surface area contributed by atoms with E-state index < -0.39 is 89.5 Å². The molecule has 3 N–H and O–H groups in total. The van der Waals surface area contributed by atoms with Crippen molar-refractivity contribution >= 4 is 23.6 Å². The average molecular weight is 747 g/mol. The fraction of sp³-hybridized carbons (Fsp3) is 0.486. The Morgan fingerprint density at radius 2 is 1.63 bits per heavy atom. The number of halogens is 6. The number of alkyl halides is 6. The lowest BCUT2D eigenvalue weighted by atomic mass is 9.97. The third-order valence-electron chi connectivity index (χ3n) is 7.07. The topological polar surface area (TPSA) is 137 Å². The van der Waals surface area contributed by atoms with Crippen molar-refractivity contribution < 1.29 is 59.7 Å². The number of nitrogens with zero attached hydrogens (tertiary/aromatic N) is 1. The number of unbranched alkanes of at least 4 members (excludes halogenated alkanes) is 1. The van der Waals surface area contributed by atoms with Gasteiger partial charge in [0, 0.05) is 13.0 Å². The molecule has 0 radical (unpaired) electrons. The number of rotatable bonds is 17. The summed E-state index contributed by atoms with van der Waals surface area (Å²) in [6, 6.07) is 7.96. The molecule has 288 valence electrons. The van der Waals surface area contributed by atoms with Crippen LogP contribution in [-0.4, -0.2) is 59.1 Å². The van der Waals surface area contributed by atoms with E-state index in [4.69, 9.17) is 18.9 Å². The van der Waals surface area contributed by atoms with Gasteiger partial charge in [0.05, 0.1) is 18.4 Å². The maximum atomic E-state index is 14.5. The SMILES string of the molecule is C=CCC(OCCCC)[C@@H](C)Oc1nc(C(=O)NNC(=O)[C@@](CC=C)(OCc2ccccc2)C(F)(F)F)c(NC(=O)OC(C)(C)C)cc1C(F)(F)F. The molecule has 1 heterocycles. The molecule has 0 aliphatic heterocycles. The number of anilines is 1. The van der Waals surface area contributed by atoms with E-state index in [-0.39, 0.29) is 18.6 Å². The van der Waals surface area contributed by atoms with Crippen LogP contribution in [-0.2, 0) is 31.8 Å². The molecule has 0 bridgehead atoms. The molecule has 0 aliphatic carbocycles. The van der Waals surface area contributed by atoms with E-state index in [2.05, 4.69) is 18.1 Å². The van der Waals surface area contributed by atoms with Gasteiger partial charge in [0.1, 0.15) is 17.3 Å². The van der Waals surface area contributed by atoms with E-state index in [0.29, 0.717) is 12.5 Å². The lowest BCUT2D eigenvalue weighted by Gasteiger charge is -2.33. The summed E-state index contributed by atoms with van der Waals surface area (Å²) in [7, 11) is 0. The number of ether oxygens (including phenoxy) is 4. The Hall–Kier alpha value is -4.64. The minimum atomic E-state index is -5.35. The van der Waals surface area contributed by atoms with Crippen LogP contribution in [0.3, 0.4) is 0 Å². The van der Waals surface area contributed by atoms with Crippen molar-refractivity contribution in [1.82, 2.24) is 15.8 Å². The van der Waals surface area contributed by atoms with Crippen LogP contribution in [0.2, 0.25) is 0 Å². The second-order valence-electron chi connectivity index (χ2n) is 12.5. The van der Waals surface area contributed by atoms with Crippen LogP contribution >= 0.6 is 0 Å². The molecule has 2 rings (SSSR count). The first-order valence-electron chi connectivity index (χ1n) is 16.2. The maximum Gasteiger partial charge on any atom is 0.427 e. The van der Waals surface area contributed by atoms with Crippen LogP contribution < -0.4 is 20.9 Å². The van der Waals surface area contributed by atoms with Crippen molar-refractivity contribution in [2.24, 2.45) is 0 Å². The molecule has 2 aromatic rings. The largest absolute Gasteiger partial charge is 0.471 e. The fourth-order valence-electron chi connectivity index (χ4n) is 4.46. The van der Waals surface area contributed by atoms with Gasteiger partial charge in [-0.2, -0.15) is 26.3 Å². The zero-order valence-electron chi connectivity index (χ0n) is 29.5. The zero-order chi connectivity index (χ0) is 39.3. The summed E-state index contributed by atoms with van der Waals surface area (Å²) in [6.45, 7) is 14.2. The summed E-state index contributed by atoms with van der Waals surface area (Å²) in [5.74, 6) is -4.55. The maximum absolute atomic E-state index is 14.5. The van der Waals surface area contributed by atoms with Crippen LogP contribution in [0.1, 0.15) is 81.9 Å². The van der Waals surface area contributed by atoms with Crippen molar-refractivity contribution in [3.63, 3.8) is 0 Å². The number of hydrogen-bond donors (Lipinski definition) is 3. The highest BCUT2D eigenvalue weighted by Gasteiger charge is 2.61. The molecule has 17 heteroatoms. The van der Waals surface area contributed by atoms with E-state index in [9.17, 15) is 40.7 Å². The molecular weight excluding hydrogens is 702 g/mol. The van der Waals surface area contributed by atoms with E-state index in [1.807, 2.05) is 12.2 Å². The highest BCUT2D eigenvalue weighted by molar-refractivity contribution is 6.02.